The molecule has 3 rings (SSSR count). The molecule has 0 radical (unpaired) electrons. The maximum absolute atomic E-state index is 12.3. The SMILES string of the molecule is Cc1ncncc1C(=O)Nc1cnc(Cl)cc1NC1CC1. The Bertz CT molecular complexity index is 687. The summed E-state index contributed by atoms with van der Waals surface area (Å²) in [6.45, 7) is 1.76. The Morgan fingerprint density at radius 1 is 1.29 bits per heavy atom. The molecule has 2 aromatic heterocycles. The summed E-state index contributed by atoms with van der Waals surface area (Å²) in [4.78, 5) is 24.2. The van der Waals surface area contributed by atoms with Crippen LogP contribution in [0.1, 0.15) is 28.9 Å². The van der Waals surface area contributed by atoms with Gasteiger partial charge in [0, 0.05) is 18.3 Å². The second-order valence-corrected chi connectivity index (χ2v) is 5.33. The van der Waals surface area contributed by atoms with Crippen molar-refractivity contribution in [3.8, 4) is 0 Å². The number of amides is 1. The van der Waals surface area contributed by atoms with Crippen molar-refractivity contribution in [1.82, 2.24) is 15.0 Å². The second-order valence-electron chi connectivity index (χ2n) is 4.95. The topological polar surface area (TPSA) is 79.8 Å². The average Bonchev–Trinajstić information content (AvgIpc) is 3.26. The summed E-state index contributed by atoms with van der Waals surface area (Å²) in [6, 6.07) is 2.16. The zero-order valence-electron chi connectivity index (χ0n) is 11.4. The lowest BCUT2D eigenvalue weighted by molar-refractivity contribution is 0.102. The van der Waals surface area contributed by atoms with E-state index in [0.29, 0.717) is 28.1 Å². The van der Waals surface area contributed by atoms with Crippen LogP contribution in [0.3, 0.4) is 0 Å². The van der Waals surface area contributed by atoms with Crippen molar-refractivity contribution in [2.75, 3.05) is 10.6 Å². The van der Waals surface area contributed by atoms with Gasteiger partial charge >= 0.3 is 0 Å². The van der Waals surface area contributed by atoms with Crippen LogP contribution in [0.15, 0.2) is 24.8 Å². The van der Waals surface area contributed by atoms with Crippen LogP contribution in [-0.2, 0) is 0 Å². The smallest absolute Gasteiger partial charge is 0.259 e. The Balaban J connectivity index is 1.83. The summed E-state index contributed by atoms with van der Waals surface area (Å²) in [5, 5.41) is 6.54. The number of anilines is 2. The third-order valence-corrected chi connectivity index (χ3v) is 3.42. The van der Waals surface area contributed by atoms with Crippen molar-refractivity contribution in [2.24, 2.45) is 0 Å². The van der Waals surface area contributed by atoms with Gasteiger partial charge in [-0.05, 0) is 19.8 Å². The van der Waals surface area contributed by atoms with Crippen molar-refractivity contribution in [1.29, 1.82) is 0 Å². The van der Waals surface area contributed by atoms with Gasteiger partial charge in [-0.25, -0.2) is 15.0 Å². The van der Waals surface area contributed by atoms with Crippen LogP contribution in [-0.4, -0.2) is 26.9 Å². The fourth-order valence-corrected chi connectivity index (χ4v) is 2.06. The molecule has 0 unspecified atom stereocenters. The number of carbonyl (C=O) groups excluding carboxylic acids is 1. The third-order valence-electron chi connectivity index (χ3n) is 3.21. The molecule has 0 saturated heterocycles. The summed E-state index contributed by atoms with van der Waals surface area (Å²) in [6.07, 6.45) is 6.70. The first-order valence-electron chi connectivity index (χ1n) is 6.63. The Kier molecular flexibility index (Phi) is 3.70. The van der Waals surface area contributed by atoms with Crippen molar-refractivity contribution in [3.05, 3.63) is 41.2 Å². The zero-order valence-corrected chi connectivity index (χ0v) is 12.2. The molecule has 1 amide bonds. The zero-order chi connectivity index (χ0) is 14.8. The van der Waals surface area contributed by atoms with E-state index in [-0.39, 0.29) is 5.91 Å². The van der Waals surface area contributed by atoms with Gasteiger partial charge in [0.25, 0.3) is 5.91 Å². The molecule has 2 heterocycles. The molecule has 0 aliphatic heterocycles. The van der Waals surface area contributed by atoms with Crippen LogP contribution in [0.4, 0.5) is 11.4 Å². The number of aryl methyl sites for hydroxylation is 1. The van der Waals surface area contributed by atoms with E-state index >= 15 is 0 Å². The summed E-state index contributed by atoms with van der Waals surface area (Å²) in [5.74, 6) is -0.268. The number of halogens is 1. The number of hydrogen-bond acceptors (Lipinski definition) is 5. The first kappa shape index (κ1) is 13.8. The standard InChI is InChI=1S/C14H14ClN5O/c1-8-10(5-16-7-18-8)14(21)20-12-6-17-13(15)4-11(12)19-9-2-3-9/h4-7,9H,2-3H2,1H3,(H,17,19)(H,20,21). The van der Waals surface area contributed by atoms with Gasteiger partial charge in [-0.15, -0.1) is 0 Å². The minimum Gasteiger partial charge on any atom is -0.380 e. The minimum atomic E-state index is -0.268. The summed E-state index contributed by atoms with van der Waals surface area (Å²) >= 11 is 5.92. The van der Waals surface area contributed by atoms with E-state index in [1.165, 1.54) is 12.5 Å². The molecule has 1 aliphatic carbocycles. The first-order chi connectivity index (χ1) is 10.1. The fraction of sp³-hybridized carbons (Fsp3) is 0.286. The Morgan fingerprint density at radius 3 is 2.81 bits per heavy atom. The molecule has 108 valence electrons. The number of carbonyl (C=O) groups is 1. The van der Waals surface area contributed by atoms with E-state index in [2.05, 4.69) is 25.6 Å². The first-order valence-corrected chi connectivity index (χ1v) is 7.01. The molecular weight excluding hydrogens is 290 g/mol. The van der Waals surface area contributed by atoms with Gasteiger partial charge in [0.05, 0.1) is 28.8 Å². The number of aromatic nitrogens is 3. The molecule has 2 N–H and O–H groups in total. The lowest BCUT2D eigenvalue weighted by Crippen LogP contribution is -2.16. The van der Waals surface area contributed by atoms with Gasteiger partial charge < -0.3 is 10.6 Å². The quantitative estimate of drug-likeness (QED) is 0.849. The molecule has 2 aromatic rings. The van der Waals surface area contributed by atoms with Crippen LogP contribution in [0, 0.1) is 6.92 Å². The van der Waals surface area contributed by atoms with Crippen LogP contribution in [0.5, 0.6) is 0 Å². The number of hydrogen-bond donors (Lipinski definition) is 2. The van der Waals surface area contributed by atoms with Gasteiger partial charge in [0.1, 0.15) is 11.5 Å². The van der Waals surface area contributed by atoms with E-state index in [4.69, 9.17) is 11.6 Å². The van der Waals surface area contributed by atoms with Crippen molar-refractivity contribution in [3.63, 3.8) is 0 Å². The Hall–Kier alpha value is -2.21. The lowest BCUT2D eigenvalue weighted by Gasteiger charge is -2.13. The largest absolute Gasteiger partial charge is 0.380 e. The molecule has 0 spiro atoms. The fourth-order valence-electron chi connectivity index (χ4n) is 1.90. The maximum atomic E-state index is 12.3. The predicted molar refractivity (Wildman–Crippen MR) is 80.6 cm³/mol. The predicted octanol–water partition coefficient (Wildman–Crippen LogP) is 2.66. The summed E-state index contributed by atoms with van der Waals surface area (Å²) in [5.41, 5.74) is 2.44. The summed E-state index contributed by atoms with van der Waals surface area (Å²) < 4.78 is 0. The van der Waals surface area contributed by atoms with Crippen LogP contribution < -0.4 is 10.6 Å². The van der Waals surface area contributed by atoms with E-state index < -0.39 is 0 Å². The second kappa shape index (κ2) is 5.65. The molecule has 1 aliphatic rings. The molecule has 0 atom stereocenters. The van der Waals surface area contributed by atoms with Gasteiger partial charge in [-0.1, -0.05) is 11.6 Å². The number of pyridine rings is 1. The van der Waals surface area contributed by atoms with E-state index in [1.54, 1.807) is 19.2 Å². The van der Waals surface area contributed by atoms with Crippen molar-refractivity contribution in [2.45, 2.75) is 25.8 Å². The lowest BCUT2D eigenvalue weighted by atomic mass is 10.2. The van der Waals surface area contributed by atoms with Crippen molar-refractivity contribution < 1.29 is 4.79 Å². The Morgan fingerprint density at radius 2 is 2.10 bits per heavy atom. The molecular formula is C14H14ClN5O. The molecule has 21 heavy (non-hydrogen) atoms. The summed E-state index contributed by atoms with van der Waals surface area (Å²) in [7, 11) is 0. The molecule has 0 aromatic carbocycles. The van der Waals surface area contributed by atoms with Crippen LogP contribution in [0.25, 0.3) is 0 Å². The van der Waals surface area contributed by atoms with Crippen molar-refractivity contribution >= 4 is 28.9 Å². The highest BCUT2D eigenvalue weighted by molar-refractivity contribution is 6.29. The molecule has 1 saturated carbocycles. The van der Waals surface area contributed by atoms with Gasteiger partial charge in [-0.3, -0.25) is 4.79 Å². The highest BCUT2D eigenvalue weighted by Crippen LogP contribution is 2.30. The molecule has 7 heteroatoms. The molecule has 0 bridgehead atoms. The van der Waals surface area contributed by atoms with E-state index in [1.807, 2.05) is 0 Å². The number of nitrogens with zero attached hydrogens (tertiary/aromatic N) is 3. The van der Waals surface area contributed by atoms with Gasteiger partial charge in [0.15, 0.2) is 0 Å². The highest BCUT2D eigenvalue weighted by atomic mass is 35.5. The van der Waals surface area contributed by atoms with E-state index in [0.717, 1.165) is 18.5 Å². The monoisotopic (exact) mass is 303 g/mol. The number of rotatable bonds is 4. The van der Waals surface area contributed by atoms with Gasteiger partial charge in [0.2, 0.25) is 0 Å². The Labute approximate surface area is 127 Å². The van der Waals surface area contributed by atoms with E-state index in [9.17, 15) is 4.79 Å². The normalized spacial score (nSPS) is 13.8. The highest BCUT2D eigenvalue weighted by Gasteiger charge is 2.23. The molecule has 1 fully saturated rings. The third kappa shape index (κ3) is 3.28. The maximum Gasteiger partial charge on any atom is 0.259 e. The average molecular weight is 304 g/mol. The number of nitrogens with one attached hydrogen (secondary N) is 2. The van der Waals surface area contributed by atoms with Crippen LogP contribution in [0.2, 0.25) is 5.15 Å². The van der Waals surface area contributed by atoms with Gasteiger partial charge in [-0.2, -0.15) is 0 Å². The van der Waals surface area contributed by atoms with Crippen LogP contribution >= 0.6 is 11.6 Å². The minimum absolute atomic E-state index is 0.268. The molecule has 6 nitrogen and oxygen atoms in total.